The molecule has 2 atom stereocenters. The fourth-order valence-electron chi connectivity index (χ4n) is 2.14. The van der Waals surface area contributed by atoms with Gasteiger partial charge >= 0.3 is 5.97 Å². The van der Waals surface area contributed by atoms with Gasteiger partial charge in [0.15, 0.2) is 0 Å². The molecule has 1 amide bonds. The van der Waals surface area contributed by atoms with Crippen molar-refractivity contribution in [2.75, 3.05) is 0 Å². The monoisotopic (exact) mass is 289 g/mol. The lowest BCUT2D eigenvalue weighted by molar-refractivity contribution is -0.143. The minimum atomic E-state index is -1.03. The van der Waals surface area contributed by atoms with Gasteiger partial charge in [-0.15, -0.1) is 0 Å². The van der Waals surface area contributed by atoms with Crippen LogP contribution in [-0.4, -0.2) is 23.0 Å². The number of fused-ring (bicyclic) bond motifs is 1. The maximum Gasteiger partial charge on any atom is 0.326 e. The standard InChI is InChI=1S/C16H19NO4/c1-9(2)14(16(19)20)17-15(18)10(3)13-8-11-6-4-5-7-12(11)21-13/h4-10,14H,1-3H3,(H,17,18)(H,19,20)/t10-,14-/m1/s1. The fourth-order valence-corrected chi connectivity index (χ4v) is 2.14. The molecule has 0 aliphatic carbocycles. The van der Waals surface area contributed by atoms with E-state index in [9.17, 15) is 9.59 Å². The number of nitrogens with one attached hydrogen (secondary N) is 1. The van der Waals surface area contributed by atoms with Crippen LogP contribution in [-0.2, 0) is 9.59 Å². The molecule has 0 unspecified atom stereocenters. The number of carbonyl (C=O) groups is 2. The molecular formula is C16H19NO4. The zero-order chi connectivity index (χ0) is 15.6. The van der Waals surface area contributed by atoms with Gasteiger partial charge in [-0.2, -0.15) is 0 Å². The fraction of sp³-hybridized carbons (Fsp3) is 0.375. The quantitative estimate of drug-likeness (QED) is 0.887. The Morgan fingerprint density at radius 2 is 1.86 bits per heavy atom. The molecule has 0 bridgehead atoms. The van der Waals surface area contributed by atoms with Gasteiger partial charge in [0, 0.05) is 5.39 Å². The maximum atomic E-state index is 12.2. The molecule has 2 aromatic rings. The summed E-state index contributed by atoms with van der Waals surface area (Å²) in [6.07, 6.45) is 0. The second kappa shape index (κ2) is 5.99. The Balaban J connectivity index is 2.16. The second-order valence-corrected chi connectivity index (χ2v) is 5.48. The van der Waals surface area contributed by atoms with Crippen LogP contribution in [0.5, 0.6) is 0 Å². The molecule has 0 aliphatic heterocycles. The van der Waals surface area contributed by atoms with E-state index in [0.29, 0.717) is 11.3 Å². The van der Waals surface area contributed by atoms with Crippen LogP contribution < -0.4 is 5.32 Å². The number of carboxylic acid groups (broad SMARTS) is 1. The number of aliphatic carboxylic acids is 1. The summed E-state index contributed by atoms with van der Waals surface area (Å²) in [7, 11) is 0. The first-order valence-electron chi connectivity index (χ1n) is 6.91. The summed E-state index contributed by atoms with van der Waals surface area (Å²) in [5, 5.41) is 12.6. The van der Waals surface area contributed by atoms with E-state index in [4.69, 9.17) is 9.52 Å². The first kappa shape index (κ1) is 15.1. The minimum absolute atomic E-state index is 0.186. The van der Waals surface area contributed by atoms with Crippen LogP contribution in [0.4, 0.5) is 0 Å². The first-order valence-corrected chi connectivity index (χ1v) is 6.91. The van der Waals surface area contributed by atoms with E-state index >= 15 is 0 Å². The average molecular weight is 289 g/mol. The summed E-state index contributed by atoms with van der Waals surface area (Å²) in [4.78, 5) is 23.3. The summed E-state index contributed by atoms with van der Waals surface area (Å²) >= 11 is 0. The van der Waals surface area contributed by atoms with Gasteiger partial charge in [0.25, 0.3) is 0 Å². The molecule has 1 aromatic carbocycles. The Morgan fingerprint density at radius 1 is 1.19 bits per heavy atom. The molecule has 5 nitrogen and oxygen atoms in total. The molecule has 112 valence electrons. The second-order valence-electron chi connectivity index (χ2n) is 5.48. The molecule has 5 heteroatoms. The third kappa shape index (κ3) is 3.24. The lowest BCUT2D eigenvalue weighted by Gasteiger charge is -2.19. The predicted octanol–water partition coefficient (Wildman–Crippen LogP) is 2.76. The van der Waals surface area contributed by atoms with Crippen LogP contribution in [0, 0.1) is 5.92 Å². The number of hydrogen-bond donors (Lipinski definition) is 2. The smallest absolute Gasteiger partial charge is 0.326 e. The van der Waals surface area contributed by atoms with Crippen LogP contribution in [0.1, 0.15) is 32.4 Å². The normalized spacial score (nSPS) is 14.1. The van der Waals surface area contributed by atoms with Gasteiger partial charge in [0.2, 0.25) is 5.91 Å². The number of para-hydroxylation sites is 1. The van der Waals surface area contributed by atoms with Crippen LogP contribution >= 0.6 is 0 Å². The van der Waals surface area contributed by atoms with Crippen LogP contribution in [0.2, 0.25) is 0 Å². The van der Waals surface area contributed by atoms with Gasteiger partial charge < -0.3 is 14.8 Å². The molecule has 0 saturated heterocycles. The highest BCUT2D eigenvalue weighted by Gasteiger charge is 2.27. The van der Waals surface area contributed by atoms with Crippen LogP contribution in [0.3, 0.4) is 0 Å². The van der Waals surface area contributed by atoms with Crippen molar-refractivity contribution >= 4 is 22.8 Å². The third-order valence-electron chi connectivity index (χ3n) is 3.50. The third-order valence-corrected chi connectivity index (χ3v) is 3.50. The maximum absolute atomic E-state index is 12.2. The van der Waals surface area contributed by atoms with Crippen molar-refractivity contribution in [3.63, 3.8) is 0 Å². The SMILES string of the molecule is CC(C)[C@@H](NC(=O)[C@H](C)c1cc2ccccc2o1)C(=O)O. The average Bonchev–Trinajstić information content (AvgIpc) is 2.86. The van der Waals surface area contributed by atoms with Crippen molar-refractivity contribution in [2.24, 2.45) is 5.92 Å². The molecule has 0 fully saturated rings. The summed E-state index contributed by atoms with van der Waals surface area (Å²) < 4.78 is 5.65. The number of amides is 1. The van der Waals surface area contributed by atoms with E-state index in [2.05, 4.69) is 5.32 Å². The molecule has 0 radical (unpaired) electrons. The van der Waals surface area contributed by atoms with Gasteiger partial charge in [-0.25, -0.2) is 4.79 Å². The number of benzene rings is 1. The van der Waals surface area contributed by atoms with Gasteiger partial charge in [0.05, 0.1) is 5.92 Å². The highest BCUT2D eigenvalue weighted by atomic mass is 16.4. The number of carbonyl (C=O) groups excluding carboxylic acids is 1. The van der Waals surface area contributed by atoms with Crippen molar-refractivity contribution in [3.8, 4) is 0 Å². The highest BCUT2D eigenvalue weighted by Crippen LogP contribution is 2.25. The Morgan fingerprint density at radius 3 is 2.43 bits per heavy atom. The zero-order valence-corrected chi connectivity index (χ0v) is 12.3. The summed E-state index contributed by atoms with van der Waals surface area (Å²) in [5.74, 6) is -1.58. The molecule has 21 heavy (non-hydrogen) atoms. The molecule has 1 aromatic heterocycles. The lowest BCUT2D eigenvalue weighted by atomic mass is 10.0. The number of carboxylic acids is 1. The molecule has 0 spiro atoms. The van der Waals surface area contributed by atoms with Crippen molar-refractivity contribution in [3.05, 3.63) is 36.1 Å². The van der Waals surface area contributed by atoms with Gasteiger partial charge in [-0.05, 0) is 25.0 Å². The van der Waals surface area contributed by atoms with E-state index in [1.54, 1.807) is 20.8 Å². The van der Waals surface area contributed by atoms with E-state index in [1.807, 2.05) is 30.3 Å². The van der Waals surface area contributed by atoms with Gasteiger partial charge in [-0.3, -0.25) is 4.79 Å². The predicted molar refractivity (Wildman–Crippen MR) is 79.0 cm³/mol. The van der Waals surface area contributed by atoms with Gasteiger partial charge in [-0.1, -0.05) is 32.0 Å². The highest BCUT2D eigenvalue weighted by molar-refractivity contribution is 5.88. The van der Waals surface area contributed by atoms with Gasteiger partial charge in [0.1, 0.15) is 17.4 Å². The van der Waals surface area contributed by atoms with Crippen molar-refractivity contribution in [1.29, 1.82) is 0 Å². The summed E-state index contributed by atoms with van der Waals surface area (Å²) in [5.41, 5.74) is 0.714. The van der Waals surface area contributed by atoms with E-state index < -0.39 is 17.9 Å². The lowest BCUT2D eigenvalue weighted by Crippen LogP contribution is -2.45. The minimum Gasteiger partial charge on any atom is -0.480 e. The Labute approximate surface area is 122 Å². The van der Waals surface area contributed by atoms with Crippen LogP contribution in [0.25, 0.3) is 11.0 Å². The number of hydrogen-bond acceptors (Lipinski definition) is 3. The van der Waals surface area contributed by atoms with E-state index in [0.717, 1.165) is 5.39 Å². The van der Waals surface area contributed by atoms with Crippen molar-refractivity contribution in [1.82, 2.24) is 5.32 Å². The van der Waals surface area contributed by atoms with Crippen molar-refractivity contribution in [2.45, 2.75) is 32.7 Å². The largest absolute Gasteiger partial charge is 0.480 e. The molecule has 0 aliphatic rings. The van der Waals surface area contributed by atoms with Crippen molar-refractivity contribution < 1.29 is 19.1 Å². The Kier molecular flexibility index (Phi) is 4.31. The molecule has 0 saturated carbocycles. The molecule has 1 heterocycles. The Bertz CT molecular complexity index is 626. The topological polar surface area (TPSA) is 79.5 Å². The summed E-state index contributed by atoms with van der Waals surface area (Å²) in [6.45, 7) is 5.21. The van der Waals surface area contributed by atoms with E-state index in [-0.39, 0.29) is 11.8 Å². The zero-order valence-electron chi connectivity index (χ0n) is 12.3. The number of rotatable bonds is 5. The van der Waals surface area contributed by atoms with E-state index in [1.165, 1.54) is 0 Å². The van der Waals surface area contributed by atoms with Crippen LogP contribution in [0.15, 0.2) is 34.7 Å². The molecular weight excluding hydrogens is 270 g/mol. The molecule has 2 N–H and O–H groups in total. The summed E-state index contributed by atoms with van der Waals surface area (Å²) in [6, 6.07) is 8.40. The number of furan rings is 1. The first-order chi connectivity index (χ1) is 9.90. The Hall–Kier alpha value is -2.30. The molecule has 2 rings (SSSR count).